The van der Waals surface area contributed by atoms with E-state index in [4.69, 9.17) is 9.47 Å². The number of H-pyrrole nitrogens is 1. The number of fused-ring (bicyclic) bond motifs is 1. The first kappa shape index (κ1) is 17.8. The molecule has 0 saturated heterocycles. The molecule has 136 valence electrons. The largest absolute Gasteiger partial charge is 0.493 e. The highest BCUT2D eigenvalue weighted by atomic mass is 19.1. The van der Waals surface area contributed by atoms with Crippen molar-refractivity contribution in [1.82, 2.24) is 9.88 Å². The van der Waals surface area contributed by atoms with Crippen LogP contribution in [0.1, 0.15) is 23.0 Å². The molecule has 1 amide bonds. The van der Waals surface area contributed by atoms with Gasteiger partial charge in [0.2, 0.25) is 0 Å². The van der Waals surface area contributed by atoms with Gasteiger partial charge in [-0.15, -0.1) is 0 Å². The van der Waals surface area contributed by atoms with Crippen LogP contribution in [-0.2, 0) is 6.54 Å². The number of carbonyl (C=O) groups is 1. The van der Waals surface area contributed by atoms with Crippen molar-refractivity contribution in [2.75, 3.05) is 20.8 Å². The molecule has 0 saturated carbocycles. The normalized spacial score (nSPS) is 10.8. The van der Waals surface area contributed by atoms with Gasteiger partial charge >= 0.3 is 0 Å². The Morgan fingerprint density at radius 2 is 1.85 bits per heavy atom. The smallest absolute Gasteiger partial charge is 0.270 e. The number of ether oxygens (including phenoxy) is 2. The van der Waals surface area contributed by atoms with Gasteiger partial charge in [-0.1, -0.05) is 6.07 Å². The van der Waals surface area contributed by atoms with Crippen molar-refractivity contribution in [3.8, 4) is 11.5 Å². The van der Waals surface area contributed by atoms with Crippen LogP contribution in [-0.4, -0.2) is 36.6 Å². The number of methoxy groups -OCH3 is 2. The summed E-state index contributed by atoms with van der Waals surface area (Å²) in [5.41, 5.74) is 2.10. The number of benzene rings is 2. The first-order chi connectivity index (χ1) is 12.5. The number of nitrogens with one attached hydrogen (secondary N) is 1. The predicted molar refractivity (Wildman–Crippen MR) is 98.2 cm³/mol. The minimum Gasteiger partial charge on any atom is -0.493 e. The Morgan fingerprint density at radius 3 is 2.54 bits per heavy atom. The van der Waals surface area contributed by atoms with E-state index in [0.29, 0.717) is 35.7 Å². The van der Waals surface area contributed by atoms with Crippen molar-refractivity contribution in [3.63, 3.8) is 0 Å². The number of halogens is 1. The lowest BCUT2D eigenvalue weighted by Gasteiger charge is -2.21. The molecule has 3 aromatic rings. The highest BCUT2D eigenvalue weighted by Gasteiger charge is 2.18. The fourth-order valence-electron chi connectivity index (χ4n) is 2.92. The molecule has 1 heterocycles. The number of rotatable bonds is 6. The number of nitrogens with zero attached hydrogens (tertiary/aromatic N) is 1. The second kappa shape index (κ2) is 7.47. The first-order valence-electron chi connectivity index (χ1n) is 8.34. The minimum absolute atomic E-state index is 0.140. The van der Waals surface area contributed by atoms with E-state index in [9.17, 15) is 9.18 Å². The maximum atomic E-state index is 13.4. The van der Waals surface area contributed by atoms with Gasteiger partial charge in [-0.25, -0.2) is 4.39 Å². The third-order valence-electron chi connectivity index (χ3n) is 4.30. The molecule has 3 rings (SSSR count). The number of hydrogen-bond acceptors (Lipinski definition) is 3. The van der Waals surface area contributed by atoms with E-state index in [1.54, 1.807) is 31.3 Å². The molecule has 1 aromatic heterocycles. The summed E-state index contributed by atoms with van der Waals surface area (Å²) in [5, 5.41) is 0.676. The predicted octanol–water partition coefficient (Wildman–Crippen LogP) is 3.99. The summed E-state index contributed by atoms with van der Waals surface area (Å²) in [5.74, 6) is 0.796. The van der Waals surface area contributed by atoms with Crippen LogP contribution in [0, 0.1) is 5.82 Å². The lowest BCUT2D eigenvalue weighted by atomic mass is 10.1. The van der Waals surface area contributed by atoms with Gasteiger partial charge in [0.25, 0.3) is 5.91 Å². The minimum atomic E-state index is -0.326. The summed E-state index contributed by atoms with van der Waals surface area (Å²) < 4.78 is 23.9. The zero-order valence-corrected chi connectivity index (χ0v) is 15.0. The summed E-state index contributed by atoms with van der Waals surface area (Å²) >= 11 is 0. The van der Waals surface area contributed by atoms with Crippen molar-refractivity contribution < 1.29 is 18.7 Å². The lowest BCUT2D eigenvalue weighted by molar-refractivity contribution is 0.0747. The van der Waals surface area contributed by atoms with Crippen LogP contribution < -0.4 is 9.47 Å². The van der Waals surface area contributed by atoms with E-state index in [-0.39, 0.29) is 11.7 Å². The van der Waals surface area contributed by atoms with Crippen LogP contribution in [0.2, 0.25) is 0 Å². The van der Waals surface area contributed by atoms with Gasteiger partial charge in [0.1, 0.15) is 11.5 Å². The van der Waals surface area contributed by atoms with Gasteiger partial charge in [-0.05, 0) is 48.9 Å². The van der Waals surface area contributed by atoms with Gasteiger partial charge in [0.05, 0.1) is 14.2 Å². The molecule has 0 atom stereocenters. The molecular formula is C20H21FN2O3. The van der Waals surface area contributed by atoms with Gasteiger partial charge < -0.3 is 19.4 Å². The quantitative estimate of drug-likeness (QED) is 0.727. The number of aromatic nitrogens is 1. The van der Waals surface area contributed by atoms with Crippen LogP contribution in [0.3, 0.4) is 0 Å². The van der Waals surface area contributed by atoms with Crippen LogP contribution in [0.5, 0.6) is 11.5 Å². The molecule has 0 spiro atoms. The highest BCUT2D eigenvalue weighted by molar-refractivity contribution is 5.98. The number of carbonyl (C=O) groups excluding carboxylic acids is 1. The molecule has 5 nitrogen and oxygen atoms in total. The molecule has 0 aliphatic heterocycles. The number of amides is 1. The molecule has 0 bridgehead atoms. The van der Waals surface area contributed by atoms with E-state index in [0.717, 1.165) is 11.1 Å². The van der Waals surface area contributed by atoms with Crippen molar-refractivity contribution in [1.29, 1.82) is 0 Å². The summed E-state index contributed by atoms with van der Waals surface area (Å²) in [6.07, 6.45) is 0. The van der Waals surface area contributed by atoms with Crippen LogP contribution in [0.15, 0.2) is 42.5 Å². The number of aromatic amines is 1. The Labute approximate surface area is 151 Å². The van der Waals surface area contributed by atoms with Crippen LogP contribution in [0.4, 0.5) is 4.39 Å². The molecule has 0 fully saturated rings. The maximum Gasteiger partial charge on any atom is 0.270 e. The highest BCUT2D eigenvalue weighted by Crippen LogP contribution is 2.28. The van der Waals surface area contributed by atoms with Crippen molar-refractivity contribution >= 4 is 16.8 Å². The molecule has 0 unspecified atom stereocenters. The Morgan fingerprint density at radius 1 is 1.08 bits per heavy atom. The van der Waals surface area contributed by atoms with Crippen molar-refractivity contribution in [3.05, 3.63) is 59.5 Å². The molecule has 1 N–H and O–H groups in total. The van der Waals surface area contributed by atoms with Gasteiger partial charge in [-0.2, -0.15) is 0 Å². The van der Waals surface area contributed by atoms with E-state index in [1.165, 1.54) is 12.1 Å². The van der Waals surface area contributed by atoms with Gasteiger partial charge in [0, 0.05) is 24.0 Å². The maximum absolute atomic E-state index is 13.4. The summed E-state index contributed by atoms with van der Waals surface area (Å²) in [7, 11) is 3.16. The Kier molecular flexibility index (Phi) is 5.11. The third kappa shape index (κ3) is 3.49. The fraction of sp³-hybridized carbons (Fsp3) is 0.250. The topological polar surface area (TPSA) is 54.6 Å². The van der Waals surface area contributed by atoms with E-state index in [1.807, 2.05) is 25.1 Å². The zero-order chi connectivity index (χ0) is 18.7. The molecular weight excluding hydrogens is 335 g/mol. The molecule has 0 radical (unpaired) electrons. The number of hydrogen-bond donors (Lipinski definition) is 1. The average Bonchev–Trinajstić information content (AvgIpc) is 3.08. The van der Waals surface area contributed by atoms with Crippen molar-refractivity contribution in [2.45, 2.75) is 13.5 Å². The summed E-state index contributed by atoms with van der Waals surface area (Å²) in [4.78, 5) is 17.6. The summed E-state index contributed by atoms with van der Waals surface area (Å²) in [6, 6.07) is 11.7. The Bertz CT molecular complexity index is 936. The van der Waals surface area contributed by atoms with Crippen LogP contribution in [0.25, 0.3) is 10.9 Å². The molecule has 0 aliphatic rings. The lowest BCUT2D eigenvalue weighted by Crippen LogP contribution is -2.30. The Balaban J connectivity index is 1.84. The SMILES string of the molecule is CCN(Cc1ccc(OC)c(OC)c1)C(=O)c1cc2cc(F)ccc2[nH]1. The first-order valence-corrected chi connectivity index (χ1v) is 8.34. The zero-order valence-electron chi connectivity index (χ0n) is 15.0. The molecule has 0 aliphatic carbocycles. The molecule has 6 heteroatoms. The standard InChI is InChI=1S/C20H21FN2O3/c1-4-23(12-13-5-8-18(25-2)19(9-13)26-3)20(24)17-11-14-10-15(21)6-7-16(14)22-17/h5-11,22H,4,12H2,1-3H3. The molecule has 2 aromatic carbocycles. The fourth-order valence-corrected chi connectivity index (χ4v) is 2.92. The van der Waals surface area contributed by atoms with E-state index >= 15 is 0 Å². The van der Waals surface area contributed by atoms with Crippen molar-refractivity contribution in [2.24, 2.45) is 0 Å². The van der Waals surface area contributed by atoms with E-state index in [2.05, 4.69) is 4.98 Å². The van der Waals surface area contributed by atoms with E-state index < -0.39 is 0 Å². The Hall–Kier alpha value is -3.02. The molecule has 26 heavy (non-hydrogen) atoms. The summed E-state index contributed by atoms with van der Waals surface area (Å²) in [6.45, 7) is 2.89. The van der Waals surface area contributed by atoms with Crippen LogP contribution >= 0.6 is 0 Å². The third-order valence-corrected chi connectivity index (χ3v) is 4.30. The second-order valence-electron chi connectivity index (χ2n) is 5.92. The van der Waals surface area contributed by atoms with Gasteiger partial charge in [0.15, 0.2) is 11.5 Å². The average molecular weight is 356 g/mol. The monoisotopic (exact) mass is 356 g/mol. The van der Waals surface area contributed by atoms with Gasteiger partial charge in [-0.3, -0.25) is 4.79 Å². The second-order valence-corrected chi connectivity index (χ2v) is 5.92.